The number of benzene rings is 2. The minimum atomic E-state index is -3.61. The zero-order valence-corrected chi connectivity index (χ0v) is 12.2. The summed E-state index contributed by atoms with van der Waals surface area (Å²) >= 11 is 0. The van der Waals surface area contributed by atoms with Crippen molar-refractivity contribution in [3.63, 3.8) is 0 Å². The molecule has 1 N–H and O–H groups in total. The van der Waals surface area contributed by atoms with E-state index in [9.17, 15) is 8.42 Å². The first-order chi connectivity index (χ1) is 9.47. The average molecular weight is 288 g/mol. The van der Waals surface area contributed by atoms with Crippen molar-refractivity contribution in [2.75, 3.05) is 0 Å². The summed E-state index contributed by atoms with van der Waals surface area (Å²) in [5, 5.41) is 3.79. The van der Waals surface area contributed by atoms with Crippen LogP contribution < -0.4 is 4.83 Å². The van der Waals surface area contributed by atoms with Gasteiger partial charge in [0.2, 0.25) is 0 Å². The molecule has 2 aromatic rings. The number of rotatable bonds is 4. The molecule has 5 heteroatoms. The van der Waals surface area contributed by atoms with Gasteiger partial charge in [0.15, 0.2) is 0 Å². The van der Waals surface area contributed by atoms with Gasteiger partial charge in [-0.3, -0.25) is 0 Å². The van der Waals surface area contributed by atoms with Crippen LogP contribution in [0.4, 0.5) is 0 Å². The van der Waals surface area contributed by atoms with Crippen LogP contribution in [-0.4, -0.2) is 14.6 Å². The Kier molecular flexibility index (Phi) is 4.20. The van der Waals surface area contributed by atoms with Gasteiger partial charge in [0.25, 0.3) is 10.0 Å². The summed E-state index contributed by atoms with van der Waals surface area (Å²) in [5.41, 5.74) is 2.94. The highest BCUT2D eigenvalue weighted by molar-refractivity contribution is 7.89. The molecule has 0 aliphatic carbocycles. The summed E-state index contributed by atoms with van der Waals surface area (Å²) in [6, 6.07) is 14.2. The average Bonchev–Trinajstić information content (AvgIpc) is 2.39. The zero-order chi connectivity index (χ0) is 14.6. The molecule has 20 heavy (non-hydrogen) atoms. The molecule has 0 atom stereocenters. The maximum atomic E-state index is 12.0. The molecular formula is C15H16N2O2S. The fraction of sp³-hybridized carbons (Fsp3) is 0.133. The van der Waals surface area contributed by atoms with E-state index in [0.29, 0.717) is 0 Å². The van der Waals surface area contributed by atoms with Gasteiger partial charge in [-0.2, -0.15) is 13.5 Å². The summed E-state index contributed by atoms with van der Waals surface area (Å²) < 4.78 is 24.0. The molecule has 0 heterocycles. The lowest BCUT2D eigenvalue weighted by atomic mass is 10.2. The van der Waals surface area contributed by atoms with E-state index in [1.807, 2.05) is 38.1 Å². The Balaban J connectivity index is 2.11. The van der Waals surface area contributed by atoms with E-state index in [-0.39, 0.29) is 4.90 Å². The van der Waals surface area contributed by atoms with E-state index in [1.54, 1.807) is 24.3 Å². The van der Waals surface area contributed by atoms with Gasteiger partial charge >= 0.3 is 0 Å². The number of hydrogen-bond acceptors (Lipinski definition) is 3. The van der Waals surface area contributed by atoms with Gasteiger partial charge in [0.1, 0.15) is 0 Å². The monoisotopic (exact) mass is 288 g/mol. The molecule has 2 rings (SSSR count). The van der Waals surface area contributed by atoms with Gasteiger partial charge in [-0.25, -0.2) is 4.83 Å². The first kappa shape index (κ1) is 14.3. The highest BCUT2D eigenvalue weighted by Gasteiger charge is 2.11. The van der Waals surface area contributed by atoms with Crippen LogP contribution in [0.5, 0.6) is 0 Å². The molecular weight excluding hydrogens is 272 g/mol. The molecule has 0 radical (unpaired) electrons. The smallest absolute Gasteiger partial charge is 0.200 e. The predicted octanol–water partition coefficient (Wildman–Crippen LogP) is 2.62. The molecule has 0 unspecified atom stereocenters. The van der Waals surface area contributed by atoms with Crippen molar-refractivity contribution in [3.05, 3.63) is 65.2 Å². The van der Waals surface area contributed by atoms with E-state index in [0.717, 1.165) is 16.7 Å². The zero-order valence-electron chi connectivity index (χ0n) is 11.4. The van der Waals surface area contributed by atoms with Gasteiger partial charge in [-0.15, -0.1) is 0 Å². The lowest BCUT2D eigenvalue weighted by Crippen LogP contribution is -2.18. The Morgan fingerprint density at radius 2 is 1.70 bits per heavy atom. The van der Waals surface area contributed by atoms with Crippen molar-refractivity contribution in [1.29, 1.82) is 0 Å². The molecule has 4 nitrogen and oxygen atoms in total. The summed E-state index contributed by atoms with van der Waals surface area (Å²) in [7, 11) is -3.61. The molecule has 0 aromatic heterocycles. The van der Waals surface area contributed by atoms with Crippen molar-refractivity contribution in [3.8, 4) is 0 Å². The van der Waals surface area contributed by atoms with Gasteiger partial charge in [0, 0.05) is 0 Å². The van der Waals surface area contributed by atoms with Gasteiger partial charge in [-0.1, -0.05) is 47.5 Å². The lowest BCUT2D eigenvalue weighted by molar-refractivity contribution is 0.584. The summed E-state index contributed by atoms with van der Waals surface area (Å²) in [6.45, 7) is 3.87. The van der Waals surface area contributed by atoms with Crippen LogP contribution in [0.1, 0.15) is 16.7 Å². The highest BCUT2D eigenvalue weighted by atomic mass is 32.2. The van der Waals surface area contributed by atoms with E-state index in [4.69, 9.17) is 0 Å². The third-order valence-corrected chi connectivity index (χ3v) is 4.00. The molecule has 2 aromatic carbocycles. The Morgan fingerprint density at radius 1 is 1.00 bits per heavy atom. The van der Waals surface area contributed by atoms with Crippen molar-refractivity contribution in [2.24, 2.45) is 5.10 Å². The minimum Gasteiger partial charge on any atom is -0.200 e. The van der Waals surface area contributed by atoms with Crippen LogP contribution >= 0.6 is 0 Å². The number of nitrogens with one attached hydrogen (secondary N) is 1. The first-order valence-corrected chi connectivity index (χ1v) is 7.64. The van der Waals surface area contributed by atoms with Crippen molar-refractivity contribution >= 4 is 16.2 Å². The van der Waals surface area contributed by atoms with Gasteiger partial charge in [-0.05, 0) is 31.5 Å². The van der Waals surface area contributed by atoms with E-state index in [2.05, 4.69) is 9.93 Å². The normalized spacial score (nSPS) is 11.7. The molecule has 0 bridgehead atoms. The Hall–Kier alpha value is -2.14. The number of aryl methyl sites for hydroxylation is 2. The molecule has 0 spiro atoms. The maximum Gasteiger partial charge on any atom is 0.276 e. The lowest BCUT2D eigenvalue weighted by Gasteiger charge is -2.03. The summed E-state index contributed by atoms with van der Waals surface area (Å²) in [4.78, 5) is 2.40. The fourth-order valence-electron chi connectivity index (χ4n) is 1.69. The largest absolute Gasteiger partial charge is 0.276 e. The first-order valence-electron chi connectivity index (χ1n) is 6.15. The third-order valence-electron chi connectivity index (χ3n) is 2.76. The fourth-order valence-corrected chi connectivity index (χ4v) is 2.48. The van der Waals surface area contributed by atoms with Crippen molar-refractivity contribution < 1.29 is 8.42 Å². The second-order valence-corrected chi connectivity index (χ2v) is 6.24. The minimum absolute atomic E-state index is 0.199. The quantitative estimate of drug-likeness (QED) is 0.694. The molecule has 0 amide bonds. The molecule has 0 aliphatic rings. The van der Waals surface area contributed by atoms with Crippen LogP contribution in [0.15, 0.2) is 58.5 Å². The Labute approximate surface area is 119 Å². The van der Waals surface area contributed by atoms with Crippen molar-refractivity contribution in [2.45, 2.75) is 18.7 Å². The van der Waals surface area contributed by atoms with Crippen LogP contribution in [0.2, 0.25) is 0 Å². The van der Waals surface area contributed by atoms with E-state index < -0.39 is 10.0 Å². The molecule has 0 saturated carbocycles. The SMILES string of the molecule is Cc1ccc(S(=O)(=O)N/N=C\c2cccc(C)c2)cc1. The second kappa shape index (κ2) is 5.88. The van der Waals surface area contributed by atoms with E-state index in [1.165, 1.54) is 6.21 Å². The Morgan fingerprint density at radius 3 is 2.35 bits per heavy atom. The predicted molar refractivity (Wildman–Crippen MR) is 80.3 cm³/mol. The molecule has 0 aliphatic heterocycles. The van der Waals surface area contributed by atoms with Gasteiger partial charge in [0.05, 0.1) is 11.1 Å². The van der Waals surface area contributed by atoms with E-state index >= 15 is 0 Å². The summed E-state index contributed by atoms with van der Waals surface area (Å²) in [5.74, 6) is 0. The van der Waals surface area contributed by atoms with Crippen LogP contribution in [0.3, 0.4) is 0 Å². The Bertz CT molecular complexity index is 720. The van der Waals surface area contributed by atoms with Gasteiger partial charge < -0.3 is 0 Å². The number of hydrazone groups is 1. The van der Waals surface area contributed by atoms with Crippen LogP contribution in [0, 0.1) is 13.8 Å². The molecule has 0 fully saturated rings. The van der Waals surface area contributed by atoms with Crippen LogP contribution in [0.25, 0.3) is 0 Å². The van der Waals surface area contributed by atoms with Crippen LogP contribution in [-0.2, 0) is 10.0 Å². The topological polar surface area (TPSA) is 58.5 Å². The number of hydrogen-bond donors (Lipinski definition) is 1. The number of sulfonamides is 1. The standard InChI is InChI=1S/C15H16N2O2S/c1-12-6-8-15(9-7-12)20(18,19)17-16-11-14-5-3-4-13(2)10-14/h3-11,17H,1-2H3/b16-11-. The molecule has 104 valence electrons. The van der Waals surface area contributed by atoms with Crippen molar-refractivity contribution in [1.82, 2.24) is 4.83 Å². The molecule has 0 saturated heterocycles. The highest BCUT2D eigenvalue weighted by Crippen LogP contribution is 2.09. The maximum absolute atomic E-state index is 12.0. The number of nitrogens with zero attached hydrogens (tertiary/aromatic N) is 1. The third kappa shape index (κ3) is 3.68. The summed E-state index contributed by atoms with van der Waals surface area (Å²) in [6.07, 6.45) is 1.48. The second-order valence-electron chi connectivity index (χ2n) is 4.58.